The number of hydrogen-bond donors (Lipinski definition) is 0. The van der Waals surface area contributed by atoms with Crippen molar-refractivity contribution in [2.45, 2.75) is 32.9 Å². The van der Waals surface area contributed by atoms with Gasteiger partial charge in [-0.1, -0.05) is 29.8 Å². The van der Waals surface area contributed by atoms with E-state index < -0.39 is 0 Å². The van der Waals surface area contributed by atoms with E-state index in [-0.39, 0.29) is 11.9 Å². The fraction of sp³-hybridized carbons (Fsp3) is 0.250. The number of amides is 1. The molecule has 0 spiro atoms. The van der Waals surface area contributed by atoms with Crippen molar-refractivity contribution < 1.29 is 4.79 Å². The second-order valence-corrected chi connectivity index (χ2v) is 8.86. The third kappa shape index (κ3) is 4.72. The van der Waals surface area contributed by atoms with E-state index in [9.17, 15) is 4.79 Å². The third-order valence-corrected chi connectivity index (χ3v) is 6.23. The highest BCUT2D eigenvalue weighted by atomic mass is 35.5. The highest BCUT2D eigenvalue weighted by Crippen LogP contribution is 2.23. The minimum absolute atomic E-state index is 0.0945. The summed E-state index contributed by atoms with van der Waals surface area (Å²) in [6, 6.07) is 15.9. The summed E-state index contributed by atoms with van der Waals surface area (Å²) in [5, 5.41) is 2.79. The normalized spacial score (nSPS) is 12.1. The Hall–Kier alpha value is -1.62. The Morgan fingerprint density at radius 1 is 1.16 bits per heavy atom. The van der Waals surface area contributed by atoms with Gasteiger partial charge >= 0.3 is 0 Å². The zero-order valence-electron chi connectivity index (χ0n) is 14.2. The number of benzene rings is 1. The van der Waals surface area contributed by atoms with Crippen molar-refractivity contribution in [2.75, 3.05) is 0 Å². The molecule has 0 aliphatic carbocycles. The van der Waals surface area contributed by atoms with Gasteiger partial charge in [-0.25, -0.2) is 0 Å². The van der Waals surface area contributed by atoms with Crippen LogP contribution in [-0.4, -0.2) is 16.8 Å². The Balaban J connectivity index is 1.84. The van der Waals surface area contributed by atoms with E-state index in [2.05, 4.69) is 24.4 Å². The molecule has 0 aliphatic rings. The molecule has 5 heteroatoms. The van der Waals surface area contributed by atoms with Crippen molar-refractivity contribution >= 4 is 40.2 Å². The van der Waals surface area contributed by atoms with Gasteiger partial charge in [-0.3, -0.25) is 4.79 Å². The van der Waals surface area contributed by atoms with Gasteiger partial charge < -0.3 is 4.90 Å². The fourth-order valence-electron chi connectivity index (χ4n) is 2.74. The fourth-order valence-corrected chi connectivity index (χ4v) is 4.51. The van der Waals surface area contributed by atoms with E-state index >= 15 is 0 Å². The van der Waals surface area contributed by atoms with Gasteiger partial charge in [-0.05, 0) is 55.1 Å². The molecule has 0 bridgehead atoms. The molecule has 2 heterocycles. The molecule has 0 saturated carbocycles. The van der Waals surface area contributed by atoms with Gasteiger partial charge in [0, 0.05) is 33.8 Å². The predicted octanol–water partition coefficient (Wildman–Crippen LogP) is 6.05. The van der Waals surface area contributed by atoms with Gasteiger partial charge in [-0.15, -0.1) is 22.7 Å². The number of thiophene rings is 2. The molecule has 0 radical (unpaired) electrons. The summed E-state index contributed by atoms with van der Waals surface area (Å²) in [6.07, 6.45) is 0.862. The van der Waals surface area contributed by atoms with Crippen LogP contribution in [-0.2, 0) is 13.0 Å². The van der Waals surface area contributed by atoms with E-state index in [1.807, 2.05) is 48.2 Å². The van der Waals surface area contributed by atoms with Crippen LogP contribution < -0.4 is 0 Å². The molecule has 2 nitrogen and oxygen atoms in total. The molecular formula is C20H20ClNOS2. The lowest BCUT2D eigenvalue weighted by molar-refractivity contribution is 0.0681. The Kier molecular flexibility index (Phi) is 5.94. The number of halogens is 1. The standard InChI is InChI=1S/C20H20ClNOS2/c1-14(12-18-4-3-11-24-18)22(13-16-6-8-17(21)9-7-16)20(23)19-10-5-15(2)25-19/h3-11,14H,12-13H2,1-2H3/t14-/m1/s1. The van der Waals surface area contributed by atoms with Crippen LogP contribution in [0.3, 0.4) is 0 Å². The van der Waals surface area contributed by atoms with E-state index in [0.29, 0.717) is 11.6 Å². The maximum Gasteiger partial charge on any atom is 0.264 e. The number of carbonyl (C=O) groups is 1. The van der Waals surface area contributed by atoms with Gasteiger partial charge in [0.1, 0.15) is 0 Å². The molecule has 2 aromatic heterocycles. The first-order valence-electron chi connectivity index (χ1n) is 8.17. The van der Waals surface area contributed by atoms with Crippen LogP contribution >= 0.6 is 34.3 Å². The highest BCUT2D eigenvalue weighted by molar-refractivity contribution is 7.13. The van der Waals surface area contributed by atoms with Gasteiger partial charge in [-0.2, -0.15) is 0 Å². The molecule has 0 saturated heterocycles. The molecule has 1 aromatic carbocycles. The van der Waals surface area contributed by atoms with Crippen molar-refractivity contribution in [3.8, 4) is 0 Å². The van der Waals surface area contributed by atoms with Crippen molar-refractivity contribution in [1.29, 1.82) is 0 Å². The van der Waals surface area contributed by atoms with E-state index in [0.717, 1.165) is 21.7 Å². The van der Waals surface area contributed by atoms with Gasteiger partial charge in [0.25, 0.3) is 5.91 Å². The average molecular weight is 390 g/mol. The first-order valence-corrected chi connectivity index (χ1v) is 10.2. The summed E-state index contributed by atoms with van der Waals surface area (Å²) in [5.41, 5.74) is 1.09. The Morgan fingerprint density at radius 3 is 2.52 bits per heavy atom. The van der Waals surface area contributed by atoms with Crippen LogP contribution in [0.25, 0.3) is 0 Å². The van der Waals surface area contributed by atoms with Crippen LogP contribution in [0.2, 0.25) is 5.02 Å². The third-order valence-electron chi connectivity index (χ3n) is 4.09. The Bertz CT molecular complexity index is 824. The molecule has 130 valence electrons. The lowest BCUT2D eigenvalue weighted by Gasteiger charge is -2.29. The molecule has 3 aromatic rings. The lowest BCUT2D eigenvalue weighted by atomic mass is 10.1. The maximum atomic E-state index is 13.1. The molecule has 0 unspecified atom stereocenters. The van der Waals surface area contributed by atoms with Crippen molar-refractivity contribution in [2.24, 2.45) is 0 Å². The van der Waals surface area contributed by atoms with E-state index in [1.165, 1.54) is 4.88 Å². The molecule has 0 N–H and O–H groups in total. The summed E-state index contributed by atoms with van der Waals surface area (Å²) in [4.78, 5) is 18.3. The first kappa shape index (κ1) is 18.2. The molecule has 1 atom stereocenters. The summed E-state index contributed by atoms with van der Waals surface area (Å²) < 4.78 is 0. The monoisotopic (exact) mass is 389 g/mol. The number of carbonyl (C=O) groups excluding carboxylic acids is 1. The largest absolute Gasteiger partial charge is 0.331 e. The molecule has 1 amide bonds. The predicted molar refractivity (Wildman–Crippen MR) is 108 cm³/mol. The topological polar surface area (TPSA) is 20.3 Å². The molecule has 25 heavy (non-hydrogen) atoms. The van der Waals surface area contributed by atoms with Crippen LogP contribution in [0, 0.1) is 6.92 Å². The van der Waals surface area contributed by atoms with E-state index in [4.69, 9.17) is 11.6 Å². The second-order valence-electron chi connectivity index (χ2n) is 6.10. The zero-order chi connectivity index (χ0) is 17.8. The quantitative estimate of drug-likeness (QED) is 0.502. The van der Waals surface area contributed by atoms with Crippen LogP contribution in [0.5, 0.6) is 0 Å². The summed E-state index contributed by atoms with van der Waals surface area (Å²) in [7, 11) is 0. The van der Waals surface area contributed by atoms with Crippen molar-refractivity contribution in [3.63, 3.8) is 0 Å². The summed E-state index contributed by atoms with van der Waals surface area (Å²) in [5.74, 6) is 0.0945. The van der Waals surface area contributed by atoms with Crippen LogP contribution in [0.4, 0.5) is 0 Å². The molecule has 0 fully saturated rings. The maximum absolute atomic E-state index is 13.1. The van der Waals surface area contributed by atoms with Gasteiger partial charge in [0.15, 0.2) is 0 Å². The molecule has 3 rings (SSSR count). The Labute approximate surface area is 161 Å². The SMILES string of the molecule is Cc1ccc(C(=O)N(Cc2ccc(Cl)cc2)[C@H](C)Cc2cccs2)s1. The van der Waals surface area contributed by atoms with Crippen LogP contribution in [0.1, 0.15) is 31.9 Å². The minimum atomic E-state index is 0.0945. The van der Waals surface area contributed by atoms with Gasteiger partial charge in [0.2, 0.25) is 0 Å². The Morgan fingerprint density at radius 2 is 1.92 bits per heavy atom. The minimum Gasteiger partial charge on any atom is -0.331 e. The average Bonchev–Trinajstić information content (AvgIpc) is 3.25. The van der Waals surface area contributed by atoms with Crippen LogP contribution in [0.15, 0.2) is 53.9 Å². The van der Waals surface area contributed by atoms with Crippen molar-refractivity contribution in [3.05, 3.63) is 79.1 Å². The number of nitrogens with zero attached hydrogens (tertiary/aromatic N) is 1. The number of hydrogen-bond acceptors (Lipinski definition) is 3. The smallest absolute Gasteiger partial charge is 0.264 e. The lowest BCUT2D eigenvalue weighted by Crippen LogP contribution is -2.39. The van der Waals surface area contributed by atoms with Gasteiger partial charge in [0.05, 0.1) is 4.88 Å². The summed E-state index contributed by atoms with van der Waals surface area (Å²) in [6.45, 7) is 4.73. The molecule has 0 aliphatic heterocycles. The molecular weight excluding hydrogens is 370 g/mol. The zero-order valence-corrected chi connectivity index (χ0v) is 16.6. The second kappa shape index (κ2) is 8.17. The number of rotatable bonds is 6. The first-order chi connectivity index (χ1) is 12.0. The number of aryl methyl sites for hydroxylation is 1. The van der Waals surface area contributed by atoms with E-state index in [1.54, 1.807) is 22.7 Å². The summed E-state index contributed by atoms with van der Waals surface area (Å²) >= 11 is 9.28. The highest BCUT2D eigenvalue weighted by Gasteiger charge is 2.23. The van der Waals surface area contributed by atoms with Crippen molar-refractivity contribution in [1.82, 2.24) is 4.90 Å².